The number of carbonyl (C=O) groups is 2. The second kappa shape index (κ2) is 14.6. The number of aromatic nitrogens is 2. The normalized spacial score (nSPS) is 23.7. The van der Waals surface area contributed by atoms with Gasteiger partial charge in [0.25, 0.3) is 5.91 Å². The molecule has 50 heavy (non-hydrogen) atoms. The average molecular weight is 676 g/mol. The van der Waals surface area contributed by atoms with Gasteiger partial charge in [0.05, 0.1) is 5.56 Å². The molecule has 2 unspecified atom stereocenters. The quantitative estimate of drug-likeness (QED) is 0.201. The van der Waals surface area contributed by atoms with Crippen LogP contribution in [-0.2, 0) is 25.7 Å². The molecule has 1 amide bonds. The maximum Gasteiger partial charge on any atom is 0.335 e. The molecule has 2 saturated carbocycles. The second-order valence-electron chi connectivity index (χ2n) is 16.8. The molecule has 4 aliphatic carbocycles. The van der Waals surface area contributed by atoms with E-state index < -0.39 is 5.97 Å². The van der Waals surface area contributed by atoms with Crippen LogP contribution in [0.15, 0.2) is 36.4 Å². The maximum absolute atomic E-state index is 13.1. The summed E-state index contributed by atoms with van der Waals surface area (Å²) in [5.74, 6) is 3.58. The van der Waals surface area contributed by atoms with Crippen LogP contribution in [0.1, 0.15) is 140 Å². The van der Waals surface area contributed by atoms with E-state index in [9.17, 15) is 14.7 Å². The lowest BCUT2D eigenvalue weighted by Gasteiger charge is -2.33. The third kappa shape index (κ3) is 6.88. The minimum atomic E-state index is -0.837. The third-order valence-electron chi connectivity index (χ3n) is 13.6. The number of aromatic amines is 2. The Bertz CT molecular complexity index is 1830. The predicted octanol–water partition coefficient (Wildman–Crippen LogP) is 10.3. The number of aromatic carboxylic acids is 1. The van der Waals surface area contributed by atoms with Crippen molar-refractivity contribution in [1.82, 2.24) is 14.9 Å². The lowest BCUT2D eigenvalue weighted by molar-refractivity contribution is 0.0688. The Kier molecular flexibility index (Phi) is 9.81. The van der Waals surface area contributed by atoms with Gasteiger partial charge in [0, 0.05) is 51.8 Å². The third-order valence-corrected chi connectivity index (χ3v) is 13.6. The van der Waals surface area contributed by atoms with Crippen LogP contribution in [0.5, 0.6) is 0 Å². The van der Waals surface area contributed by atoms with Gasteiger partial charge in [-0.2, -0.15) is 0 Å². The first-order valence-electron chi connectivity index (χ1n) is 20.2. The van der Waals surface area contributed by atoms with E-state index in [0.29, 0.717) is 5.56 Å². The topological polar surface area (TPSA) is 89.2 Å². The van der Waals surface area contributed by atoms with Crippen LogP contribution in [0.4, 0.5) is 0 Å². The number of hydrogen-bond donors (Lipinski definition) is 3. The van der Waals surface area contributed by atoms with E-state index in [0.717, 1.165) is 84.8 Å². The van der Waals surface area contributed by atoms with E-state index in [4.69, 9.17) is 0 Å². The van der Waals surface area contributed by atoms with Crippen LogP contribution in [0, 0.1) is 29.6 Å². The lowest BCUT2D eigenvalue weighted by Crippen LogP contribution is -2.37. The summed E-state index contributed by atoms with van der Waals surface area (Å²) in [7, 11) is 0. The second-order valence-corrected chi connectivity index (χ2v) is 16.8. The zero-order valence-electron chi connectivity index (χ0n) is 30.2. The number of nitrogens with zero attached hydrogens (tertiary/aromatic N) is 1. The fourth-order valence-corrected chi connectivity index (χ4v) is 10.6. The summed E-state index contributed by atoms with van der Waals surface area (Å²) in [5, 5.41) is 11.7. The minimum absolute atomic E-state index is 0.225. The average Bonchev–Trinajstić information content (AvgIpc) is 3.72. The fourth-order valence-electron chi connectivity index (χ4n) is 10.6. The molecule has 6 heteroatoms. The number of likely N-dealkylation sites (tertiary alicyclic amines) is 1. The number of nitrogens with one attached hydrogen (secondary N) is 2. The maximum atomic E-state index is 13.1. The van der Waals surface area contributed by atoms with Crippen molar-refractivity contribution in [2.75, 3.05) is 13.1 Å². The molecule has 3 fully saturated rings. The first-order chi connectivity index (χ1) is 24.4. The summed E-state index contributed by atoms with van der Waals surface area (Å²) in [6, 6.07) is 11.8. The first-order valence-corrected chi connectivity index (χ1v) is 20.2. The van der Waals surface area contributed by atoms with E-state index in [2.05, 4.69) is 33.9 Å². The highest BCUT2D eigenvalue weighted by Gasteiger charge is 2.31. The van der Waals surface area contributed by atoms with Crippen molar-refractivity contribution in [3.8, 4) is 0 Å². The highest BCUT2D eigenvalue weighted by atomic mass is 16.4. The molecule has 2 aromatic carbocycles. The molecule has 0 spiro atoms. The van der Waals surface area contributed by atoms with Gasteiger partial charge >= 0.3 is 5.97 Å². The van der Waals surface area contributed by atoms with Crippen LogP contribution in [-0.4, -0.2) is 44.9 Å². The van der Waals surface area contributed by atoms with Gasteiger partial charge in [-0.15, -0.1) is 0 Å². The highest BCUT2D eigenvalue weighted by Crippen LogP contribution is 2.41. The number of carboxylic acid groups (broad SMARTS) is 1. The van der Waals surface area contributed by atoms with Crippen LogP contribution in [0.25, 0.3) is 21.8 Å². The summed E-state index contributed by atoms with van der Waals surface area (Å²) >= 11 is 0. The minimum Gasteiger partial charge on any atom is -0.478 e. The van der Waals surface area contributed by atoms with Crippen molar-refractivity contribution in [3.63, 3.8) is 0 Å². The van der Waals surface area contributed by atoms with E-state index >= 15 is 0 Å². The van der Waals surface area contributed by atoms with Gasteiger partial charge in [-0.1, -0.05) is 71.1 Å². The number of hydrogen-bond acceptors (Lipinski definition) is 2. The summed E-state index contributed by atoms with van der Waals surface area (Å²) in [6.45, 7) is 4.11. The van der Waals surface area contributed by atoms with E-state index in [-0.39, 0.29) is 5.91 Å². The molecular formula is C44H57N3O3. The Hall–Kier alpha value is -3.54. The summed E-state index contributed by atoms with van der Waals surface area (Å²) in [5.41, 5.74) is 9.26. The fraction of sp³-hybridized carbons (Fsp3) is 0.591. The molecule has 6 nitrogen and oxygen atoms in total. The van der Waals surface area contributed by atoms with Gasteiger partial charge in [0.15, 0.2) is 0 Å². The zero-order valence-corrected chi connectivity index (χ0v) is 30.2. The summed E-state index contributed by atoms with van der Waals surface area (Å²) in [4.78, 5) is 33.5. The molecule has 5 aliphatic rings. The van der Waals surface area contributed by atoms with Crippen molar-refractivity contribution >= 4 is 33.7 Å². The first kappa shape index (κ1) is 33.6. The van der Waals surface area contributed by atoms with Gasteiger partial charge in [0.1, 0.15) is 0 Å². The smallest absolute Gasteiger partial charge is 0.335 e. The van der Waals surface area contributed by atoms with Crippen LogP contribution >= 0.6 is 0 Å². The van der Waals surface area contributed by atoms with Gasteiger partial charge in [-0.3, -0.25) is 4.79 Å². The number of fused-ring (bicyclic) bond motifs is 6. The molecule has 0 radical (unpaired) electrons. The number of amides is 1. The number of carboxylic acids is 1. The van der Waals surface area contributed by atoms with E-state index in [1.807, 2.05) is 18.2 Å². The number of piperidine rings is 1. The van der Waals surface area contributed by atoms with Crippen molar-refractivity contribution in [1.29, 1.82) is 0 Å². The summed E-state index contributed by atoms with van der Waals surface area (Å²) < 4.78 is 0. The van der Waals surface area contributed by atoms with Crippen molar-refractivity contribution in [2.45, 2.75) is 122 Å². The van der Waals surface area contributed by atoms with Gasteiger partial charge < -0.3 is 20.0 Å². The number of H-pyrrole nitrogens is 2. The Morgan fingerprint density at radius 3 is 1.60 bits per heavy atom. The lowest BCUT2D eigenvalue weighted by atomic mass is 9.72. The predicted molar refractivity (Wildman–Crippen MR) is 202 cm³/mol. The van der Waals surface area contributed by atoms with Gasteiger partial charge in [-0.05, 0) is 128 Å². The summed E-state index contributed by atoms with van der Waals surface area (Å²) in [6.07, 6.45) is 23.6. The zero-order chi connectivity index (χ0) is 34.2. The Balaban J connectivity index is 0.000000149. The SMILES string of the molecule is CC1CCN(C(=O)c2ccc3[nH]c4c(c3c2)CC(C2CCCCC2)CC4)CC1.O=C(O)c1ccc2[nH]c3c(c2c1)CC(C1CCCCC1)CC3. The molecule has 266 valence electrons. The largest absolute Gasteiger partial charge is 0.478 e. The Morgan fingerprint density at radius 2 is 1.10 bits per heavy atom. The molecule has 2 aromatic heterocycles. The van der Waals surface area contributed by atoms with Crippen molar-refractivity contribution in [3.05, 3.63) is 70.0 Å². The van der Waals surface area contributed by atoms with Crippen LogP contribution in [0.3, 0.4) is 0 Å². The van der Waals surface area contributed by atoms with Crippen molar-refractivity contribution in [2.24, 2.45) is 29.6 Å². The number of carbonyl (C=O) groups excluding carboxylic acids is 1. The molecule has 1 aliphatic heterocycles. The number of benzene rings is 2. The standard InChI is InChI=1S/C25H34N2O.C19H23NO2/c1-17-11-13-27(14-12-17)25(28)20-8-10-24-22(16-20)21-15-19(7-9-23(21)26-24)18-5-3-2-4-6-18;21-19(22)14-7-9-18-16(11-14)15-10-13(6-8-17(15)20-18)12-4-2-1-3-5-12/h8,10,16-19,26H,2-7,9,11-15H2,1H3;7,9,11-13,20H,1-6,8,10H2,(H,21,22). The molecule has 3 N–H and O–H groups in total. The van der Waals surface area contributed by atoms with Crippen LogP contribution < -0.4 is 0 Å². The Morgan fingerprint density at radius 1 is 0.620 bits per heavy atom. The molecule has 0 bridgehead atoms. The molecule has 3 heterocycles. The Labute approximate surface area is 297 Å². The highest BCUT2D eigenvalue weighted by molar-refractivity contribution is 5.99. The molecule has 9 rings (SSSR count). The number of aryl methyl sites for hydroxylation is 2. The molecule has 1 saturated heterocycles. The monoisotopic (exact) mass is 675 g/mol. The molecular weight excluding hydrogens is 619 g/mol. The van der Waals surface area contributed by atoms with E-state index in [1.165, 1.54) is 123 Å². The van der Waals surface area contributed by atoms with Crippen LogP contribution in [0.2, 0.25) is 0 Å². The van der Waals surface area contributed by atoms with Gasteiger partial charge in [0.2, 0.25) is 0 Å². The van der Waals surface area contributed by atoms with Gasteiger partial charge in [-0.25, -0.2) is 4.79 Å². The molecule has 4 aromatic rings. The van der Waals surface area contributed by atoms with Crippen molar-refractivity contribution < 1.29 is 14.7 Å². The molecule has 2 atom stereocenters. The van der Waals surface area contributed by atoms with E-state index in [1.54, 1.807) is 6.07 Å². The number of rotatable bonds is 4.